The van der Waals surface area contributed by atoms with Gasteiger partial charge in [-0.3, -0.25) is 0 Å². The molecule has 0 aromatic rings. The van der Waals surface area contributed by atoms with E-state index >= 15 is 0 Å². The number of unbranched alkanes of at least 4 members (excludes halogenated alkanes) is 7. The van der Waals surface area contributed by atoms with Crippen molar-refractivity contribution in [3.8, 4) is 0 Å². The lowest BCUT2D eigenvalue weighted by molar-refractivity contribution is 0.599. The molecule has 0 bridgehead atoms. The van der Waals surface area contributed by atoms with Crippen LogP contribution < -0.4 is 0 Å². The first-order chi connectivity index (χ1) is 8.41. The first-order valence-electron chi connectivity index (χ1n) is 6.82. The van der Waals surface area contributed by atoms with E-state index in [1.165, 1.54) is 44.9 Å². The van der Waals surface area contributed by atoms with Gasteiger partial charge in [0.1, 0.15) is 0 Å². The van der Waals surface area contributed by atoms with Crippen LogP contribution >= 0.6 is 0 Å². The minimum absolute atomic E-state index is 1.09. The molecule has 0 fully saturated rings. The highest BCUT2D eigenvalue weighted by atomic mass is 13.9. The lowest BCUT2D eigenvalue weighted by atomic mass is 10.1. The molecule has 0 aliphatic rings. The average molecular weight is 231 g/mol. The van der Waals surface area contributed by atoms with Crippen molar-refractivity contribution >= 4 is 0 Å². The number of allylic oxidation sites excluding steroid dienone is 7. The Labute approximate surface area is 108 Å². The molecule has 0 heteroatoms. The Balaban J connectivity index is 3.21. The molecule has 0 aromatic carbocycles. The van der Waals surface area contributed by atoms with Crippen molar-refractivity contribution in [2.75, 3.05) is 0 Å². The van der Waals surface area contributed by atoms with E-state index in [4.69, 9.17) is 0 Å². The zero-order valence-corrected chi connectivity index (χ0v) is 11.1. The molecule has 0 atom stereocenters. The van der Waals surface area contributed by atoms with Crippen LogP contribution in [0.3, 0.4) is 0 Å². The summed E-state index contributed by atoms with van der Waals surface area (Å²) in [6, 6.07) is 0. The van der Waals surface area contributed by atoms with Crippen molar-refractivity contribution in [1.29, 1.82) is 0 Å². The van der Waals surface area contributed by atoms with Crippen molar-refractivity contribution in [3.63, 3.8) is 0 Å². The molecule has 0 aliphatic heterocycles. The zero-order chi connectivity index (χ0) is 12.6. The van der Waals surface area contributed by atoms with Crippen molar-refractivity contribution in [2.45, 2.75) is 51.4 Å². The minimum Gasteiger partial charge on any atom is -0.0991 e. The summed E-state index contributed by atoms with van der Waals surface area (Å²) < 4.78 is 0. The molecule has 0 saturated heterocycles. The Morgan fingerprint density at radius 3 is 1.94 bits per heavy atom. The Morgan fingerprint density at radius 1 is 0.647 bits per heavy atom. The van der Waals surface area contributed by atoms with Gasteiger partial charge >= 0.3 is 0 Å². The lowest BCUT2D eigenvalue weighted by Gasteiger charge is -1.98. The summed E-state index contributed by atoms with van der Waals surface area (Å²) in [7, 11) is 0. The summed E-state index contributed by atoms with van der Waals surface area (Å²) in [5.41, 5.74) is 0. The van der Waals surface area contributed by atoms with Crippen molar-refractivity contribution in [1.82, 2.24) is 0 Å². The van der Waals surface area contributed by atoms with Crippen LogP contribution in [0.15, 0.2) is 49.1 Å². The third kappa shape index (κ3) is 15.0. The Hall–Kier alpha value is -1.04. The number of rotatable bonds is 11. The van der Waals surface area contributed by atoms with Crippen LogP contribution in [-0.4, -0.2) is 0 Å². The van der Waals surface area contributed by atoms with Crippen LogP contribution in [0.4, 0.5) is 0 Å². The van der Waals surface area contributed by atoms with Crippen LogP contribution in [0, 0.1) is 6.92 Å². The molecule has 0 N–H and O–H groups in total. The fraction of sp³-hybridized carbons (Fsp3) is 0.471. The van der Waals surface area contributed by atoms with Gasteiger partial charge in [0.2, 0.25) is 0 Å². The van der Waals surface area contributed by atoms with E-state index in [1.807, 2.05) is 18.2 Å². The molecule has 0 unspecified atom stereocenters. The Kier molecular flexibility index (Phi) is 14.0. The average Bonchev–Trinajstić information content (AvgIpc) is 2.35. The maximum absolute atomic E-state index is 3.85. The summed E-state index contributed by atoms with van der Waals surface area (Å²) >= 11 is 0. The third-order valence-corrected chi connectivity index (χ3v) is 2.59. The van der Waals surface area contributed by atoms with Gasteiger partial charge in [0, 0.05) is 0 Å². The molecule has 0 aliphatic carbocycles. The lowest BCUT2D eigenvalue weighted by Crippen LogP contribution is -1.78. The van der Waals surface area contributed by atoms with Crippen molar-refractivity contribution in [2.24, 2.45) is 0 Å². The van der Waals surface area contributed by atoms with Crippen molar-refractivity contribution in [3.05, 3.63) is 56.0 Å². The largest absolute Gasteiger partial charge is 0.0991 e. The maximum Gasteiger partial charge on any atom is -0.0348 e. The van der Waals surface area contributed by atoms with Gasteiger partial charge in [0.25, 0.3) is 0 Å². The molecule has 0 heterocycles. The monoisotopic (exact) mass is 231 g/mol. The van der Waals surface area contributed by atoms with Crippen LogP contribution in [0.2, 0.25) is 0 Å². The molecular formula is C17H27. The van der Waals surface area contributed by atoms with Gasteiger partial charge in [-0.25, -0.2) is 0 Å². The zero-order valence-electron chi connectivity index (χ0n) is 11.1. The number of hydrogen-bond donors (Lipinski definition) is 0. The topological polar surface area (TPSA) is 0 Å². The molecule has 0 rings (SSSR count). The summed E-state index contributed by atoms with van der Waals surface area (Å²) in [6.07, 6.45) is 24.5. The highest BCUT2D eigenvalue weighted by molar-refractivity contribution is 5.14. The van der Waals surface area contributed by atoms with Gasteiger partial charge in [-0.2, -0.15) is 0 Å². The minimum atomic E-state index is 1.09. The van der Waals surface area contributed by atoms with Gasteiger partial charge in [0.15, 0.2) is 0 Å². The second kappa shape index (κ2) is 15.0. The van der Waals surface area contributed by atoms with E-state index in [9.17, 15) is 0 Å². The summed E-state index contributed by atoms with van der Waals surface area (Å²) in [5, 5.41) is 0. The van der Waals surface area contributed by atoms with Crippen LogP contribution in [0.5, 0.6) is 0 Å². The molecule has 17 heavy (non-hydrogen) atoms. The fourth-order valence-corrected chi connectivity index (χ4v) is 1.59. The van der Waals surface area contributed by atoms with E-state index in [-0.39, 0.29) is 0 Å². The second-order valence-electron chi connectivity index (χ2n) is 4.20. The molecule has 0 nitrogen and oxygen atoms in total. The predicted octanol–water partition coefficient (Wildman–Crippen LogP) is 5.80. The SMILES string of the molecule is [CH2]CCCCCCCCC=CC=CC=CC=C. The Bertz CT molecular complexity index is 230. The van der Waals surface area contributed by atoms with E-state index < -0.39 is 0 Å². The normalized spacial score (nSPS) is 12.1. The number of hydrogen-bond acceptors (Lipinski definition) is 0. The molecule has 0 saturated carbocycles. The molecule has 0 amide bonds. The first kappa shape index (κ1) is 16.0. The van der Waals surface area contributed by atoms with Gasteiger partial charge in [-0.1, -0.05) is 94.6 Å². The van der Waals surface area contributed by atoms with Crippen molar-refractivity contribution < 1.29 is 0 Å². The van der Waals surface area contributed by atoms with Gasteiger partial charge < -0.3 is 0 Å². The smallest absolute Gasteiger partial charge is 0.0348 e. The second-order valence-corrected chi connectivity index (χ2v) is 4.20. The summed E-state index contributed by atoms with van der Waals surface area (Å²) in [6.45, 7) is 7.47. The highest BCUT2D eigenvalue weighted by Gasteiger charge is 1.88. The Morgan fingerprint density at radius 2 is 1.24 bits per heavy atom. The summed E-state index contributed by atoms with van der Waals surface area (Å²) in [4.78, 5) is 0. The third-order valence-electron chi connectivity index (χ3n) is 2.59. The van der Waals surface area contributed by atoms with Crippen LogP contribution in [0.1, 0.15) is 51.4 Å². The fourth-order valence-electron chi connectivity index (χ4n) is 1.59. The maximum atomic E-state index is 3.85. The summed E-state index contributed by atoms with van der Waals surface area (Å²) in [5.74, 6) is 0. The highest BCUT2D eigenvalue weighted by Crippen LogP contribution is 2.08. The molecular weight excluding hydrogens is 204 g/mol. The quantitative estimate of drug-likeness (QED) is 0.311. The van der Waals surface area contributed by atoms with E-state index in [1.54, 1.807) is 6.08 Å². The first-order valence-corrected chi connectivity index (χ1v) is 6.82. The van der Waals surface area contributed by atoms with Crippen LogP contribution in [0.25, 0.3) is 0 Å². The molecule has 0 spiro atoms. The van der Waals surface area contributed by atoms with Gasteiger partial charge in [-0.05, 0) is 12.8 Å². The van der Waals surface area contributed by atoms with Gasteiger partial charge in [0.05, 0.1) is 0 Å². The van der Waals surface area contributed by atoms with E-state index in [0.717, 1.165) is 6.42 Å². The van der Waals surface area contributed by atoms with Crippen LogP contribution in [-0.2, 0) is 0 Å². The van der Waals surface area contributed by atoms with E-state index in [2.05, 4.69) is 31.7 Å². The predicted molar refractivity (Wildman–Crippen MR) is 79.9 cm³/mol. The molecule has 0 aromatic heterocycles. The van der Waals surface area contributed by atoms with E-state index in [0.29, 0.717) is 0 Å². The molecule has 1 radical (unpaired) electrons. The van der Waals surface area contributed by atoms with Gasteiger partial charge in [-0.15, -0.1) is 0 Å². The molecule has 95 valence electrons. The standard InChI is InChI=1S/C17H27/c1-3-5-7-9-11-13-15-17-16-14-12-10-8-6-4-2/h3,5,7,9,11,13,15H,1-2,4,6,8,10,12,14,16-17H2.